The van der Waals surface area contributed by atoms with E-state index in [4.69, 9.17) is 4.74 Å². The van der Waals surface area contributed by atoms with E-state index < -0.39 is 11.6 Å². The maximum Gasteiger partial charge on any atom is 0.146 e. The summed E-state index contributed by atoms with van der Waals surface area (Å²) in [5.41, 5.74) is 2.54. The molecule has 2 rings (SSSR count). The monoisotopic (exact) mass is 277 g/mol. The van der Waals surface area contributed by atoms with E-state index in [9.17, 15) is 8.78 Å². The first-order valence-electron chi connectivity index (χ1n) is 6.36. The maximum absolute atomic E-state index is 13.7. The van der Waals surface area contributed by atoms with Crippen LogP contribution in [0.4, 0.5) is 14.5 Å². The maximum atomic E-state index is 13.7. The molecule has 106 valence electrons. The number of rotatable bonds is 5. The van der Waals surface area contributed by atoms with Crippen LogP contribution in [0.25, 0.3) is 0 Å². The Kier molecular flexibility index (Phi) is 4.69. The van der Waals surface area contributed by atoms with Crippen LogP contribution in [0, 0.1) is 18.6 Å². The summed E-state index contributed by atoms with van der Waals surface area (Å²) in [6, 6.07) is 10.1. The highest BCUT2D eigenvalue weighted by atomic mass is 19.1. The molecule has 0 atom stereocenters. The summed E-state index contributed by atoms with van der Waals surface area (Å²) in [7, 11) is 1.64. The summed E-state index contributed by atoms with van der Waals surface area (Å²) >= 11 is 0. The van der Waals surface area contributed by atoms with E-state index >= 15 is 0 Å². The van der Waals surface area contributed by atoms with Crippen LogP contribution < -0.4 is 5.32 Å². The van der Waals surface area contributed by atoms with Crippen molar-refractivity contribution >= 4 is 5.69 Å². The predicted octanol–water partition coefficient (Wildman–Crippen LogP) is 4.03. The number of methoxy groups -OCH3 is 1. The number of hydrogen-bond acceptors (Lipinski definition) is 2. The van der Waals surface area contributed by atoms with Crippen LogP contribution in [0.15, 0.2) is 36.4 Å². The van der Waals surface area contributed by atoms with Crippen LogP contribution in [-0.2, 0) is 17.9 Å². The first-order chi connectivity index (χ1) is 9.60. The molecule has 2 nitrogen and oxygen atoms in total. The zero-order valence-corrected chi connectivity index (χ0v) is 11.5. The molecule has 20 heavy (non-hydrogen) atoms. The molecule has 0 unspecified atom stereocenters. The molecule has 0 saturated heterocycles. The van der Waals surface area contributed by atoms with Gasteiger partial charge >= 0.3 is 0 Å². The fraction of sp³-hybridized carbons (Fsp3) is 0.250. The number of anilines is 1. The van der Waals surface area contributed by atoms with E-state index in [1.54, 1.807) is 7.11 Å². The van der Waals surface area contributed by atoms with Crippen molar-refractivity contribution in [3.05, 3.63) is 64.7 Å². The highest BCUT2D eigenvalue weighted by Gasteiger charge is 2.06. The molecule has 0 aliphatic carbocycles. The lowest BCUT2D eigenvalue weighted by atomic mass is 10.1. The molecule has 1 N–H and O–H groups in total. The van der Waals surface area contributed by atoms with Crippen molar-refractivity contribution in [2.24, 2.45) is 0 Å². The van der Waals surface area contributed by atoms with Crippen molar-refractivity contribution in [2.75, 3.05) is 12.4 Å². The summed E-state index contributed by atoms with van der Waals surface area (Å²) in [6.45, 7) is 2.54. The van der Waals surface area contributed by atoms with Crippen LogP contribution in [-0.4, -0.2) is 7.11 Å². The minimum atomic E-state index is -0.445. The van der Waals surface area contributed by atoms with Gasteiger partial charge < -0.3 is 10.1 Å². The fourth-order valence-electron chi connectivity index (χ4n) is 1.90. The highest BCUT2D eigenvalue weighted by molar-refractivity contribution is 5.47. The molecule has 0 aliphatic rings. The number of benzene rings is 2. The Morgan fingerprint density at radius 3 is 2.30 bits per heavy atom. The zero-order valence-electron chi connectivity index (χ0n) is 11.5. The summed E-state index contributed by atoms with van der Waals surface area (Å²) < 4.78 is 32.1. The van der Waals surface area contributed by atoms with Gasteiger partial charge in [0, 0.05) is 19.7 Å². The van der Waals surface area contributed by atoms with E-state index in [1.165, 1.54) is 19.1 Å². The summed E-state index contributed by atoms with van der Waals surface area (Å²) in [5, 5.41) is 2.90. The second kappa shape index (κ2) is 6.48. The van der Waals surface area contributed by atoms with Gasteiger partial charge in [-0.15, -0.1) is 0 Å². The van der Waals surface area contributed by atoms with Crippen LogP contribution in [0.1, 0.15) is 16.7 Å². The van der Waals surface area contributed by atoms with Gasteiger partial charge in [-0.05, 0) is 29.7 Å². The second-order valence-corrected chi connectivity index (χ2v) is 4.68. The molecule has 0 amide bonds. The Labute approximate surface area is 117 Å². The Morgan fingerprint density at radius 2 is 1.65 bits per heavy atom. The van der Waals surface area contributed by atoms with E-state index in [0.717, 1.165) is 11.1 Å². The van der Waals surface area contributed by atoms with E-state index in [0.29, 0.717) is 18.7 Å². The average molecular weight is 277 g/mol. The molecular formula is C16H17F2NO. The molecule has 0 radical (unpaired) electrons. The molecule has 4 heteroatoms. The predicted molar refractivity (Wildman–Crippen MR) is 75.6 cm³/mol. The number of hydrogen-bond donors (Lipinski definition) is 1. The lowest BCUT2D eigenvalue weighted by Crippen LogP contribution is -2.03. The van der Waals surface area contributed by atoms with Crippen molar-refractivity contribution in [1.82, 2.24) is 0 Å². The van der Waals surface area contributed by atoms with Gasteiger partial charge in [0.1, 0.15) is 11.6 Å². The Bertz CT molecular complexity index is 582. The first-order valence-corrected chi connectivity index (χ1v) is 6.36. The third-order valence-electron chi connectivity index (χ3n) is 3.07. The third-order valence-corrected chi connectivity index (χ3v) is 3.07. The van der Waals surface area contributed by atoms with E-state index in [2.05, 4.69) is 5.32 Å². The van der Waals surface area contributed by atoms with Gasteiger partial charge in [0.2, 0.25) is 0 Å². The fourth-order valence-corrected chi connectivity index (χ4v) is 1.90. The van der Waals surface area contributed by atoms with Crippen molar-refractivity contribution < 1.29 is 13.5 Å². The Hall–Kier alpha value is -1.94. The van der Waals surface area contributed by atoms with Gasteiger partial charge in [0.15, 0.2) is 0 Å². The highest BCUT2D eigenvalue weighted by Crippen LogP contribution is 2.19. The topological polar surface area (TPSA) is 21.3 Å². The quantitative estimate of drug-likeness (QED) is 0.891. The van der Waals surface area contributed by atoms with Crippen molar-refractivity contribution in [3.8, 4) is 0 Å². The number of ether oxygens (including phenoxy) is 1. The standard InChI is InChI=1S/C16H17F2NO/c1-11-7-15(18)16(8-14(11)17)19-9-12-3-5-13(6-4-12)10-20-2/h3-8,19H,9-10H2,1-2H3. The smallest absolute Gasteiger partial charge is 0.146 e. The normalized spacial score (nSPS) is 10.6. The zero-order chi connectivity index (χ0) is 14.5. The van der Waals surface area contributed by atoms with Gasteiger partial charge in [-0.25, -0.2) is 8.78 Å². The Morgan fingerprint density at radius 1 is 1.00 bits per heavy atom. The SMILES string of the molecule is COCc1ccc(CNc2cc(F)c(C)cc2F)cc1. The number of aryl methyl sites for hydroxylation is 1. The van der Waals surface area contributed by atoms with Crippen molar-refractivity contribution in [3.63, 3.8) is 0 Å². The summed E-state index contributed by atoms with van der Waals surface area (Å²) in [4.78, 5) is 0. The summed E-state index contributed by atoms with van der Waals surface area (Å²) in [6.07, 6.45) is 0. The summed E-state index contributed by atoms with van der Waals surface area (Å²) in [5.74, 6) is -0.857. The van der Waals surface area contributed by atoms with Crippen molar-refractivity contribution in [2.45, 2.75) is 20.1 Å². The van der Waals surface area contributed by atoms with Gasteiger partial charge in [0.05, 0.1) is 12.3 Å². The molecule has 0 aromatic heterocycles. The van der Waals surface area contributed by atoms with E-state index in [-0.39, 0.29) is 5.69 Å². The largest absolute Gasteiger partial charge is 0.380 e. The van der Waals surface area contributed by atoms with Crippen LogP contribution >= 0.6 is 0 Å². The minimum absolute atomic E-state index is 0.175. The molecular weight excluding hydrogens is 260 g/mol. The molecule has 2 aromatic rings. The molecule has 0 saturated carbocycles. The molecule has 0 heterocycles. The van der Waals surface area contributed by atoms with E-state index in [1.807, 2.05) is 24.3 Å². The lowest BCUT2D eigenvalue weighted by Gasteiger charge is -2.09. The molecule has 2 aromatic carbocycles. The van der Waals surface area contributed by atoms with Crippen LogP contribution in [0.5, 0.6) is 0 Å². The van der Waals surface area contributed by atoms with Crippen LogP contribution in [0.3, 0.4) is 0 Å². The Balaban J connectivity index is 2.03. The molecule has 0 bridgehead atoms. The van der Waals surface area contributed by atoms with Gasteiger partial charge in [-0.2, -0.15) is 0 Å². The van der Waals surface area contributed by atoms with Crippen molar-refractivity contribution in [1.29, 1.82) is 0 Å². The molecule has 0 aliphatic heterocycles. The number of halogens is 2. The minimum Gasteiger partial charge on any atom is -0.380 e. The average Bonchev–Trinajstić information content (AvgIpc) is 2.43. The molecule has 0 spiro atoms. The lowest BCUT2D eigenvalue weighted by molar-refractivity contribution is 0.185. The third kappa shape index (κ3) is 3.54. The van der Waals surface area contributed by atoms with Gasteiger partial charge in [0.25, 0.3) is 0 Å². The van der Waals surface area contributed by atoms with Crippen LogP contribution in [0.2, 0.25) is 0 Å². The van der Waals surface area contributed by atoms with Gasteiger partial charge in [-0.3, -0.25) is 0 Å². The first kappa shape index (κ1) is 14.5. The van der Waals surface area contributed by atoms with Gasteiger partial charge in [-0.1, -0.05) is 24.3 Å². The molecule has 0 fully saturated rings. The second-order valence-electron chi connectivity index (χ2n) is 4.68. The number of nitrogens with one attached hydrogen (secondary N) is 1.